The number of hydrogen-bond acceptors (Lipinski definition) is 2. The van der Waals surface area contributed by atoms with E-state index in [0.29, 0.717) is 0 Å². The topological polar surface area (TPSA) is 35.2 Å². The first-order valence-electron chi connectivity index (χ1n) is 7.93. The van der Waals surface area contributed by atoms with Crippen molar-refractivity contribution < 1.29 is 4.74 Å². The first-order valence-corrected chi connectivity index (χ1v) is 8.31. The summed E-state index contributed by atoms with van der Waals surface area (Å²) in [6, 6.07) is 4.03. The van der Waals surface area contributed by atoms with Gasteiger partial charge in [0.15, 0.2) is 0 Å². The average Bonchev–Trinajstić information content (AvgIpc) is 2.89. The fourth-order valence-electron chi connectivity index (χ4n) is 2.87. The number of ether oxygens (including phenoxy) is 1. The van der Waals surface area contributed by atoms with E-state index in [9.17, 15) is 0 Å². The van der Waals surface area contributed by atoms with E-state index in [4.69, 9.17) is 22.1 Å². The third-order valence-electron chi connectivity index (χ3n) is 4.05. The summed E-state index contributed by atoms with van der Waals surface area (Å²) in [6.45, 7) is 3.00. The Bertz CT molecular complexity index is 433. The van der Waals surface area contributed by atoms with Gasteiger partial charge in [-0.15, -0.1) is 0 Å². The molecule has 0 aliphatic carbocycles. The lowest BCUT2D eigenvalue weighted by Gasteiger charge is -2.16. The Balaban J connectivity index is 1.85. The number of nitrogens with two attached hydrogens (primary N) is 1. The maximum absolute atomic E-state index is 6.34. The molecule has 2 rings (SSSR count). The molecule has 1 aliphatic rings. The third-order valence-corrected chi connectivity index (χ3v) is 4.26. The smallest absolute Gasteiger partial charge is 0.127 e. The summed E-state index contributed by atoms with van der Waals surface area (Å²) in [4.78, 5) is 0. The molecule has 0 saturated carbocycles. The molecule has 0 fully saturated rings. The van der Waals surface area contributed by atoms with Crippen LogP contribution >= 0.6 is 11.6 Å². The van der Waals surface area contributed by atoms with Crippen molar-refractivity contribution in [3.05, 3.63) is 28.3 Å². The lowest BCUT2D eigenvalue weighted by Crippen LogP contribution is -2.11. The number of rotatable bonds is 8. The number of unbranched alkanes of at least 4 members (excludes halogenated alkanes) is 5. The lowest BCUT2D eigenvalue weighted by atomic mass is 9.97. The first kappa shape index (κ1) is 15.7. The highest BCUT2D eigenvalue weighted by Crippen LogP contribution is 2.37. The van der Waals surface area contributed by atoms with E-state index >= 15 is 0 Å². The number of benzene rings is 1. The highest BCUT2D eigenvalue weighted by Gasteiger charge is 2.21. The van der Waals surface area contributed by atoms with E-state index in [1.807, 2.05) is 12.1 Å². The second-order valence-corrected chi connectivity index (χ2v) is 6.18. The van der Waals surface area contributed by atoms with Crippen molar-refractivity contribution in [3.8, 4) is 5.75 Å². The zero-order valence-corrected chi connectivity index (χ0v) is 13.2. The van der Waals surface area contributed by atoms with Gasteiger partial charge in [0, 0.05) is 23.0 Å². The van der Waals surface area contributed by atoms with E-state index in [0.717, 1.165) is 35.8 Å². The minimum Gasteiger partial charge on any atom is -0.493 e. The van der Waals surface area contributed by atoms with E-state index in [1.165, 1.54) is 44.1 Å². The number of halogens is 1. The fraction of sp³-hybridized carbons (Fsp3) is 0.647. The van der Waals surface area contributed by atoms with Crippen LogP contribution in [0.2, 0.25) is 5.02 Å². The number of hydrogen-bond donors (Lipinski definition) is 1. The van der Waals surface area contributed by atoms with Crippen LogP contribution in [0.4, 0.5) is 0 Å². The van der Waals surface area contributed by atoms with Crippen LogP contribution in [0.1, 0.15) is 69.0 Å². The maximum Gasteiger partial charge on any atom is 0.127 e. The van der Waals surface area contributed by atoms with Crippen molar-refractivity contribution in [2.75, 3.05) is 6.61 Å². The molecule has 0 aromatic heterocycles. The Morgan fingerprint density at radius 2 is 1.95 bits per heavy atom. The summed E-state index contributed by atoms with van der Waals surface area (Å²) in [7, 11) is 0. The molecule has 0 bridgehead atoms. The maximum atomic E-state index is 6.34. The van der Waals surface area contributed by atoms with Crippen LogP contribution in [-0.2, 0) is 6.42 Å². The van der Waals surface area contributed by atoms with Gasteiger partial charge in [0.05, 0.1) is 6.61 Å². The van der Waals surface area contributed by atoms with Crippen LogP contribution in [0.25, 0.3) is 0 Å². The Morgan fingerprint density at radius 1 is 1.20 bits per heavy atom. The van der Waals surface area contributed by atoms with Gasteiger partial charge in [-0.1, -0.05) is 57.0 Å². The minimum atomic E-state index is 0.0479. The van der Waals surface area contributed by atoms with Gasteiger partial charge in [-0.2, -0.15) is 0 Å². The molecule has 20 heavy (non-hydrogen) atoms. The molecule has 0 amide bonds. The normalized spacial score (nSPS) is 14.9. The van der Waals surface area contributed by atoms with Crippen molar-refractivity contribution >= 4 is 11.6 Å². The van der Waals surface area contributed by atoms with Gasteiger partial charge >= 0.3 is 0 Å². The zero-order valence-electron chi connectivity index (χ0n) is 12.5. The SMILES string of the molecule is CCCCCCCCC(N)c1cc(Cl)cc2c1OCC2. The van der Waals surface area contributed by atoms with Crippen molar-refractivity contribution in [2.45, 2.75) is 64.3 Å². The van der Waals surface area contributed by atoms with Gasteiger partial charge in [-0.3, -0.25) is 0 Å². The Labute approximate surface area is 127 Å². The molecule has 1 aromatic rings. The Morgan fingerprint density at radius 3 is 2.75 bits per heavy atom. The van der Waals surface area contributed by atoms with Crippen molar-refractivity contribution in [3.63, 3.8) is 0 Å². The molecule has 0 spiro atoms. The van der Waals surface area contributed by atoms with Gasteiger partial charge in [-0.05, 0) is 24.1 Å². The molecule has 1 aliphatic heterocycles. The summed E-state index contributed by atoms with van der Waals surface area (Å²) < 4.78 is 5.73. The predicted molar refractivity (Wildman–Crippen MR) is 85.6 cm³/mol. The summed E-state index contributed by atoms with van der Waals surface area (Å²) >= 11 is 6.18. The first-order chi connectivity index (χ1) is 9.72. The van der Waals surface area contributed by atoms with E-state index in [-0.39, 0.29) is 6.04 Å². The van der Waals surface area contributed by atoms with Crippen LogP contribution in [0.3, 0.4) is 0 Å². The molecule has 0 radical (unpaired) electrons. The molecule has 3 heteroatoms. The molecule has 2 nitrogen and oxygen atoms in total. The quantitative estimate of drug-likeness (QED) is 0.683. The van der Waals surface area contributed by atoms with Gasteiger partial charge in [0.1, 0.15) is 5.75 Å². The Hall–Kier alpha value is -0.730. The van der Waals surface area contributed by atoms with Crippen LogP contribution in [-0.4, -0.2) is 6.61 Å². The van der Waals surface area contributed by atoms with Crippen molar-refractivity contribution in [1.82, 2.24) is 0 Å². The van der Waals surface area contributed by atoms with Crippen molar-refractivity contribution in [1.29, 1.82) is 0 Å². The summed E-state index contributed by atoms with van der Waals surface area (Å²) in [5, 5.41) is 0.780. The van der Waals surface area contributed by atoms with Crippen LogP contribution in [0.5, 0.6) is 5.75 Å². The second-order valence-electron chi connectivity index (χ2n) is 5.74. The highest BCUT2D eigenvalue weighted by molar-refractivity contribution is 6.30. The van der Waals surface area contributed by atoms with Gasteiger partial charge < -0.3 is 10.5 Å². The molecular formula is C17H26ClNO. The van der Waals surface area contributed by atoms with E-state index in [2.05, 4.69) is 6.92 Å². The summed E-state index contributed by atoms with van der Waals surface area (Å²) in [5.74, 6) is 0.993. The van der Waals surface area contributed by atoms with Gasteiger partial charge in [0.25, 0.3) is 0 Å². The van der Waals surface area contributed by atoms with Crippen molar-refractivity contribution in [2.24, 2.45) is 5.73 Å². The van der Waals surface area contributed by atoms with Crippen LogP contribution in [0, 0.1) is 0 Å². The summed E-state index contributed by atoms with van der Waals surface area (Å²) in [6.07, 6.45) is 9.75. The van der Waals surface area contributed by atoms with E-state index in [1.54, 1.807) is 0 Å². The lowest BCUT2D eigenvalue weighted by molar-refractivity contribution is 0.350. The van der Waals surface area contributed by atoms with Gasteiger partial charge in [0.2, 0.25) is 0 Å². The second kappa shape index (κ2) is 7.90. The van der Waals surface area contributed by atoms with Crippen LogP contribution < -0.4 is 10.5 Å². The zero-order chi connectivity index (χ0) is 14.4. The van der Waals surface area contributed by atoms with Gasteiger partial charge in [-0.25, -0.2) is 0 Å². The largest absolute Gasteiger partial charge is 0.493 e. The monoisotopic (exact) mass is 295 g/mol. The third kappa shape index (κ3) is 4.13. The molecule has 1 atom stereocenters. The molecule has 2 N–H and O–H groups in total. The fourth-order valence-corrected chi connectivity index (χ4v) is 3.12. The highest BCUT2D eigenvalue weighted by atomic mass is 35.5. The van der Waals surface area contributed by atoms with E-state index < -0.39 is 0 Å². The summed E-state index contributed by atoms with van der Waals surface area (Å²) in [5.41, 5.74) is 8.65. The van der Waals surface area contributed by atoms with Crippen LogP contribution in [0.15, 0.2) is 12.1 Å². The molecule has 0 saturated heterocycles. The number of fused-ring (bicyclic) bond motifs is 1. The Kier molecular flexibility index (Phi) is 6.18. The molecule has 1 aromatic carbocycles. The molecular weight excluding hydrogens is 270 g/mol. The minimum absolute atomic E-state index is 0.0479. The molecule has 1 unspecified atom stereocenters. The predicted octanol–water partition coefficient (Wildman–Crippen LogP) is 5.03. The standard InChI is InChI=1S/C17H26ClNO/c1-2-3-4-5-6-7-8-16(19)15-12-14(18)11-13-9-10-20-17(13)15/h11-12,16H,2-10,19H2,1H3. The molecule has 1 heterocycles. The molecule has 112 valence electrons. The average molecular weight is 296 g/mol.